The number of methoxy groups -OCH3 is 1. The molecule has 0 saturated heterocycles. The number of hydrogen-bond donors (Lipinski definition) is 1. The zero-order valence-corrected chi connectivity index (χ0v) is 14.7. The Morgan fingerprint density at radius 2 is 2.15 bits per heavy atom. The van der Waals surface area contributed by atoms with Gasteiger partial charge in [-0.1, -0.05) is 0 Å². The van der Waals surface area contributed by atoms with Crippen molar-refractivity contribution in [2.24, 2.45) is 13.0 Å². The van der Waals surface area contributed by atoms with Crippen molar-refractivity contribution in [2.75, 3.05) is 12.4 Å². The molecule has 0 radical (unpaired) electrons. The van der Waals surface area contributed by atoms with E-state index < -0.39 is 12.1 Å². The highest BCUT2D eigenvalue weighted by Crippen LogP contribution is 2.36. The molecule has 27 heavy (non-hydrogen) atoms. The van der Waals surface area contributed by atoms with E-state index in [1.54, 1.807) is 18.3 Å². The summed E-state index contributed by atoms with van der Waals surface area (Å²) in [5.74, 6) is -0.139. The van der Waals surface area contributed by atoms with E-state index in [9.17, 15) is 9.18 Å². The first kappa shape index (κ1) is 17.0. The second kappa shape index (κ2) is 6.36. The fourth-order valence-electron chi connectivity index (χ4n) is 3.07. The van der Waals surface area contributed by atoms with Gasteiger partial charge < -0.3 is 14.6 Å². The minimum absolute atomic E-state index is 0.269. The highest BCUT2D eigenvalue weighted by Gasteiger charge is 2.43. The van der Waals surface area contributed by atoms with Crippen LogP contribution in [0, 0.1) is 17.2 Å². The number of rotatable bonds is 4. The summed E-state index contributed by atoms with van der Waals surface area (Å²) in [7, 11) is 3.39. The average Bonchev–Trinajstić information content (AvgIpc) is 3.33. The monoisotopic (exact) mass is 365 g/mol. The van der Waals surface area contributed by atoms with Gasteiger partial charge in [-0.25, -0.2) is 14.4 Å². The number of nitriles is 1. The Hall–Kier alpha value is -3.47. The Labute approximate surface area is 154 Å². The minimum atomic E-state index is -1.05. The number of ether oxygens (including phenoxy) is 1. The van der Waals surface area contributed by atoms with Crippen molar-refractivity contribution in [2.45, 2.75) is 12.6 Å². The molecule has 8 heteroatoms. The maximum absolute atomic E-state index is 13.0. The Morgan fingerprint density at radius 1 is 1.37 bits per heavy atom. The number of nitrogens with one attached hydrogen (secondary N) is 1. The van der Waals surface area contributed by atoms with Crippen LogP contribution in [0.25, 0.3) is 22.2 Å². The zero-order chi connectivity index (χ0) is 19.1. The molecule has 1 saturated carbocycles. The number of aromatic nitrogens is 3. The van der Waals surface area contributed by atoms with E-state index >= 15 is 0 Å². The number of aryl methyl sites for hydroxylation is 1. The van der Waals surface area contributed by atoms with Gasteiger partial charge in [-0.15, -0.1) is 0 Å². The van der Waals surface area contributed by atoms with E-state index in [-0.39, 0.29) is 12.3 Å². The number of halogens is 1. The largest absolute Gasteiger partial charge is 0.481 e. The van der Waals surface area contributed by atoms with Gasteiger partial charge in [0, 0.05) is 18.6 Å². The Kier molecular flexibility index (Phi) is 4.00. The molecule has 1 aliphatic rings. The average molecular weight is 365 g/mol. The normalized spacial score (nSPS) is 18.1. The maximum atomic E-state index is 13.0. The van der Waals surface area contributed by atoms with Gasteiger partial charge in [0.2, 0.25) is 11.8 Å². The summed E-state index contributed by atoms with van der Waals surface area (Å²) in [6.07, 6.45) is 2.31. The third-order valence-electron chi connectivity index (χ3n) is 4.68. The van der Waals surface area contributed by atoms with Gasteiger partial charge in [0.1, 0.15) is 18.1 Å². The first-order chi connectivity index (χ1) is 13.0. The lowest BCUT2D eigenvalue weighted by Gasteiger charge is -2.09. The lowest BCUT2D eigenvalue weighted by molar-refractivity contribution is -0.117. The van der Waals surface area contributed by atoms with E-state index in [2.05, 4.69) is 21.4 Å². The summed E-state index contributed by atoms with van der Waals surface area (Å²) >= 11 is 0. The minimum Gasteiger partial charge on any atom is -0.481 e. The van der Waals surface area contributed by atoms with Gasteiger partial charge in [-0.05, 0) is 24.6 Å². The highest BCUT2D eigenvalue weighted by molar-refractivity contribution is 5.96. The van der Waals surface area contributed by atoms with E-state index in [4.69, 9.17) is 10.00 Å². The molecule has 2 atom stereocenters. The number of hydrogen-bond acceptors (Lipinski definition) is 5. The molecule has 0 spiro atoms. The molecule has 7 nitrogen and oxygen atoms in total. The molecule has 0 aliphatic heterocycles. The Morgan fingerprint density at radius 3 is 2.81 bits per heavy atom. The van der Waals surface area contributed by atoms with Crippen LogP contribution in [0.2, 0.25) is 0 Å². The van der Waals surface area contributed by atoms with Crippen molar-refractivity contribution < 1.29 is 13.9 Å². The fraction of sp³-hybridized carbons (Fsp3) is 0.263. The Balaban J connectivity index is 1.74. The summed E-state index contributed by atoms with van der Waals surface area (Å²) in [6.45, 7) is 0. The number of carbonyl (C=O) groups excluding carboxylic acids is 1. The third kappa shape index (κ3) is 2.97. The standard InChI is InChI=1S/C19H16FN5O2/c1-25-15(13-3-10(7-21)8-23-19(13)27-2)4-11-5-17(22-9-16(11)25)24-18(26)12-6-14(12)20/h3-5,8-9,12,14H,6H2,1-2H3,(H,22,24,26)/t12-,14+/m1/s1. The van der Waals surface area contributed by atoms with E-state index in [1.165, 1.54) is 13.3 Å². The van der Waals surface area contributed by atoms with Crippen LogP contribution in [0.1, 0.15) is 12.0 Å². The molecule has 1 aliphatic carbocycles. The molecule has 0 unspecified atom stereocenters. The molecule has 3 heterocycles. The molecule has 4 rings (SSSR count). The van der Waals surface area contributed by atoms with Crippen molar-refractivity contribution in [3.8, 4) is 23.2 Å². The smallest absolute Gasteiger partial charge is 0.231 e. The third-order valence-corrected chi connectivity index (χ3v) is 4.68. The second-order valence-corrected chi connectivity index (χ2v) is 6.46. The predicted molar refractivity (Wildman–Crippen MR) is 96.8 cm³/mol. The van der Waals surface area contributed by atoms with Gasteiger partial charge in [0.25, 0.3) is 0 Å². The van der Waals surface area contributed by atoms with Crippen LogP contribution in [0.4, 0.5) is 10.2 Å². The van der Waals surface area contributed by atoms with E-state index in [0.29, 0.717) is 22.8 Å². The van der Waals surface area contributed by atoms with Crippen LogP contribution in [0.5, 0.6) is 5.88 Å². The van der Waals surface area contributed by atoms with Crippen molar-refractivity contribution in [1.29, 1.82) is 5.26 Å². The highest BCUT2D eigenvalue weighted by atomic mass is 19.1. The molecular formula is C19H16FN5O2. The van der Waals surface area contributed by atoms with Crippen LogP contribution >= 0.6 is 0 Å². The number of anilines is 1. The molecular weight excluding hydrogens is 349 g/mol. The zero-order valence-electron chi connectivity index (χ0n) is 14.7. The molecule has 1 N–H and O–H groups in total. The van der Waals surface area contributed by atoms with Crippen molar-refractivity contribution >= 4 is 22.6 Å². The number of carbonyl (C=O) groups is 1. The van der Waals surface area contributed by atoms with Crippen molar-refractivity contribution in [3.63, 3.8) is 0 Å². The summed E-state index contributed by atoms with van der Waals surface area (Å²) in [4.78, 5) is 20.3. The molecule has 136 valence electrons. The first-order valence-electron chi connectivity index (χ1n) is 8.36. The Bertz CT molecular complexity index is 1100. The van der Waals surface area contributed by atoms with Crippen LogP contribution in [0.3, 0.4) is 0 Å². The lowest BCUT2D eigenvalue weighted by atomic mass is 10.1. The summed E-state index contributed by atoms with van der Waals surface area (Å²) in [5.41, 5.74) is 2.73. The number of amides is 1. The number of pyridine rings is 2. The van der Waals surface area contributed by atoms with Gasteiger partial charge in [0.15, 0.2) is 0 Å². The molecule has 1 fully saturated rings. The van der Waals surface area contributed by atoms with E-state index in [1.807, 2.05) is 17.7 Å². The van der Waals surface area contributed by atoms with Crippen LogP contribution in [-0.2, 0) is 11.8 Å². The molecule has 1 amide bonds. The van der Waals surface area contributed by atoms with Gasteiger partial charge >= 0.3 is 0 Å². The first-order valence-corrected chi connectivity index (χ1v) is 8.36. The second-order valence-electron chi connectivity index (χ2n) is 6.46. The quantitative estimate of drug-likeness (QED) is 0.767. The maximum Gasteiger partial charge on any atom is 0.231 e. The van der Waals surface area contributed by atoms with Crippen LogP contribution < -0.4 is 10.1 Å². The van der Waals surface area contributed by atoms with Gasteiger partial charge in [0.05, 0.1) is 41.6 Å². The summed E-state index contributed by atoms with van der Waals surface area (Å²) < 4.78 is 20.3. The molecule has 3 aromatic heterocycles. The lowest BCUT2D eigenvalue weighted by Crippen LogP contribution is -2.15. The van der Waals surface area contributed by atoms with E-state index in [0.717, 1.165) is 16.6 Å². The molecule has 0 aromatic carbocycles. The number of fused-ring (bicyclic) bond motifs is 1. The predicted octanol–water partition coefficient (Wildman–Crippen LogP) is 2.81. The van der Waals surface area contributed by atoms with Crippen molar-refractivity contribution in [3.05, 3.63) is 36.2 Å². The van der Waals surface area contributed by atoms with Gasteiger partial charge in [-0.3, -0.25) is 4.79 Å². The van der Waals surface area contributed by atoms with Crippen LogP contribution in [0.15, 0.2) is 30.6 Å². The number of nitrogens with zero attached hydrogens (tertiary/aromatic N) is 4. The summed E-state index contributed by atoms with van der Waals surface area (Å²) in [5, 5.41) is 12.7. The van der Waals surface area contributed by atoms with Crippen LogP contribution in [-0.4, -0.2) is 33.7 Å². The van der Waals surface area contributed by atoms with Gasteiger partial charge in [-0.2, -0.15) is 5.26 Å². The topological polar surface area (TPSA) is 92.8 Å². The van der Waals surface area contributed by atoms with Crippen molar-refractivity contribution in [1.82, 2.24) is 14.5 Å². The SMILES string of the molecule is COc1ncc(C#N)cc1-c1cc2cc(NC(=O)[C@@H]3C[C@@H]3F)ncc2n1C. The summed E-state index contributed by atoms with van der Waals surface area (Å²) in [6, 6.07) is 7.43. The molecule has 0 bridgehead atoms. The fourth-order valence-corrected chi connectivity index (χ4v) is 3.07. The molecule has 3 aromatic rings. The number of alkyl halides is 1.